The molecular formula is C10H8B2N2O2. The van der Waals surface area contributed by atoms with Crippen molar-refractivity contribution in [2.45, 2.75) is 6.92 Å². The van der Waals surface area contributed by atoms with E-state index in [1.165, 1.54) is 4.81 Å². The summed E-state index contributed by atoms with van der Waals surface area (Å²) in [6.45, 7) is 2.38. The maximum Gasteiger partial charge on any atom is 0.250 e. The SMILES string of the molecule is [B]N1C(=O)c2cccc(N([B])CC)c2C1=O. The highest BCUT2D eigenvalue weighted by Gasteiger charge is 2.34. The van der Waals surface area contributed by atoms with Crippen molar-refractivity contribution < 1.29 is 9.59 Å². The summed E-state index contributed by atoms with van der Waals surface area (Å²) < 4.78 is 0. The molecule has 6 heteroatoms. The zero-order valence-corrected chi connectivity index (χ0v) is 8.80. The van der Waals surface area contributed by atoms with Crippen LogP contribution < -0.4 is 4.81 Å². The van der Waals surface area contributed by atoms with E-state index in [0.717, 1.165) is 0 Å². The Kier molecular flexibility index (Phi) is 2.50. The van der Waals surface area contributed by atoms with Crippen LogP contribution in [0.25, 0.3) is 0 Å². The number of imide groups is 1. The summed E-state index contributed by atoms with van der Waals surface area (Å²) in [6.07, 6.45) is 0. The van der Waals surface area contributed by atoms with E-state index in [9.17, 15) is 9.59 Å². The van der Waals surface area contributed by atoms with Crippen LogP contribution in [-0.2, 0) is 0 Å². The van der Waals surface area contributed by atoms with Crippen LogP contribution in [0.1, 0.15) is 27.6 Å². The summed E-state index contributed by atoms with van der Waals surface area (Å²) in [5, 5.41) is 0. The lowest BCUT2D eigenvalue weighted by atomic mass is 10.0. The number of hydrogen-bond donors (Lipinski definition) is 0. The fourth-order valence-electron chi connectivity index (χ4n) is 1.70. The van der Waals surface area contributed by atoms with E-state index in [1.54, 1.807) is 18.2 Å². The molecule has 2 amide bonds. The smallest absolute Gasteiger partial charge is 0.250 e. The molecule has 4 radical (unpaired) electrons. The molecule has 0 spiro atoms. The molecule has 0 saturated carbocycles. The van der Waals surface area contributed by atoms with Crippen molar-refractivity contribution >= 4 is 33.5 Å². The summed E-state index contributed by atoms with van der Waals surface area (Å²) in [6, 6.07) is 4.93. The molecule has 0 atom stereocenters. The lowest BCUT2D eigenvalue weighted by Gasteiger charge is -2.19. The van der Waals surface area contributed by atoms with Crippen LogP contribution in [0, 0.1) is 0 Å². The first kappa shape index (κ1) is 10.8. The first-order valence-electron chi connectivity index (χ1n) is 4.86. The molecule has 0 N–H and O–H groups in total. The third-order valence-electron chi connectivity index (χ3n) is 2.57. The van der Waals surface area contributed by atoms with Crippen LogP contribution in [-0.4, -0.2) is 39.1 Å². The Morgan fingerprint density at radius 1 is 1.31 bits per heavy atom. The Morgan fingerprint density at radius 3 is 2.62 bits per heavy atom. The van der Waals surface area contributed by atoms with E-state index in [4.69, 9.17) is 16.0 Å². The average molecular weight is 210 g/mol. The molecule has 0 aliphatic carbocycles. The number of nitrogens with zero attached hydrogens (tertiary/aromatic N) is 2. The molecular weight excluding hydrogens is 202 g/mol. The van der Waals surface area contributed by atoms with Crippen LogP contribution in [0.3, 0.4) is 0 Å². The fourth-order valence-corrected chi connectivity index (χ4v) is 1.70. The summed E-state index contributed by atoms with van der Waals surface area (Å²) in [5.41, 5.74) is 1.10. The highest BCUT2D eigenvalue weighted by molar-refractivity contribution is 6.38. The zero-order chi connectivity index (χ0) is 11.9. The van der Waals surface area contributed by atoms with Crippen LogP contribution in [0.5, 0.6) is 0 Å². The number of amides is 2. The van der Waals surface area contributed by atoms with Crippen molar-refractivity contribution in [3.63, 3.8) is 0 Å². The highest BCUT2D eigenvalue weighted by atomic mass is 16.2. The standard InChI is InChI=1S/C10H8B2N2O2/c1-2-13(11)7-5-3-4-6-8(7)10(16)14(12)9(6)15/h3-5H,2H2,1H3. The van der Waals surface area contributed by atoms with Gasteiger partial charge in [-0.15, -0.1) is 0 Å². The average Bonchev–Trinajstić information content (AvgIpc) is 2.54. The van der Waals surface area contributed by atoms with Crippen LogP contribution in [0.15, 0.2) is 18.2 Å². The predicted octanol–water partition coefficient (Wildman–Crippen LogP) is 0.276. The highest BCUT2D eigenvalue weighted by Crippen LogP contribution is 2.29. The van der Waals surface area contributed by atoms with Gasteiger partial charge in [0.15, 0.2) is 0 Å². The summed E-state index contributed by atoms with van der Waals surface area (Å²) in [7, 11) is 11.1. The first-order chi connectivity index (χ1) is 7.57. The topological polar surface area (TPSA) is 40.6 Å². The number of hydrogen-bond acceptors (Lipinski definition) is 3. The largest absolute Gasteiger partial charge is 0.424 e. The van der Waals surface area contributed by atoms with Gasteiger partial charge in [-0.05, 0) is 19.1 Å². The van der Waals surface area contributed by atoms with Gasteiger partial charge in [-0.2, -0.15) is 0 Å². The van der Waals surface area contributed by atoms with Gasteiger partial charge in [-0.3, -0.25) is 9.59 Å². The number of carbonyl (C=O) groups is 2. The van der Waals surface area contributed by atoms with Crippen LogP contribution >= 0.6 is 0 Å². The van der Waals surface area contributed by atoms with Gasteiger partial charge in [-0.1, -0.05) is 6.07 Å². The quantitative estimate of drug-likeness (QED) is 0.519. The maximum atomic E-state index is 11.7. The molecule has 1 aromatic carbocycles. The molecule has 1 heterocycles. The zero-order valence-electron chi connectivity index (χ0n) is 8.80. The van der Waals surface area contributed by atoms with Gasteiger partial charge in [0.2, 0.25) is 27.8 Å². The molecule has 1 aliphatic rings. The summed E-state index contributed by atoms with van der Waals surface area (Å²) in [5.74, 6) is -1.01. The van der Waals surface area contributed by atoms with Gasteiger partial charge in [0.1, 0.15) is 0 Å². The minimum Gasteiger partial charge on any atom is -0.424 e. The van der Waals surface area contributed by atoms with Crippen molar-refractivity contribution in [3.05, 3.63) is 29.3 Å². The van der Waals surface area contributed by atoms with Crippen molar-refractivity contribution in [2.75, 3.05) is 11.4 Å². The minimum absolute atomic E-state index is 0.277. The first-order valence-corrected chi connectivity index (χ1v) is 4.86. The number of benzene rings is 1. The molecule has 4 nitrogen and oxygen atoms in total. The number of anilines is 1. The third kappa shape index (κ3) is 1.33. The Labute approximate surface area is 96.1 Å². The van der Waals surface area contributed by atoms with Crippen molar-refractivity contribution in [1.82, 2.24) is 4.81 Å². The van der Waals surface area contributed by atoms with Gasteiger partial charge < -0.3 is 9.62 Å². The second-order valence-electron chi connectivity index (χ2n) is 3.47. The third-order valence-corrected chi connectivity index (χ3v) is 2.57. The van der Waals surface area contributed by atoms with Gasteiger partial charge in [0.05, 0.1) is 11.1 Å². The fraction of sp³-hybridized carbons (Fsp3) is 0.200. The Hall–Kier alpha value is -1.71. The number of fused-ring (bicyclic) bond motifs is 1. The lowest BCUT2D eigenvalue weighted by molar-refractivity contribution is 0.0766. The molecule has 0 unspecified atom stereocenters. The summed E-state index contributed by atoms with van der Waals surface area (Å²) in [4.78, 5) is 25.4. The Balaban J connectivity index is 2.62. The maximum absolute atomic E-state index is 11.7. The molecule has 0 bridgehead atoms. The van der Waals surface area contributed by atoms with Gasteiger partial charge >= 0.3 is 0 Å². The van der Waals surface area contributed by atoms with Gasteiger partial charge in [0, 0.05) is 12.2 Å². The van der Waals surface area contributed by atoms with Crippen molar-refractivity contribution in [3.8, 4) is 0 Å². The number of rotatable bonds is 2. The van der Waals surface area contributed by atoms with Gasteiger partial charge in [0.25, 0.3) is 0 Å². The van der Waals surface area contributed by atoms with Crippen molar-refractivity contribution in [2.24, 2.45) is 0 Å². The monoisotopic (exact) mass is 210 g/mol. The molecule has 0 aromatic heterocycles. The molecule has 76 valence electrons. The van der Waals surface area contributed by atoms with E-state index < -0.39 is 11.8 Å². The lowest BCUT2D eigenvalue weighted by Crippen LogP contribution is -2.27. The van der Waals surface area contributed by atoms with Crippen LogP contribution in [0.4, 0.5) is 5.69 Å². The molecule has 1 aromatic rings. The van der Waals surface area contributed by atoms with Crippen LogP contribution in [0.2, 0.25) is 0 Å². The summed E-state index contributed by atoms with van der Waals surface area (Å²) >= 11 is 0. The second kappa shape index (κ2) is 3.70. The number of carbonyl (C=O) groups excluding carboxylic acids is 2. The van der Waals surface area contributed by atoms with E-state index in [2.05, 4.69) is 0 Å². The van der Waals surface area contributed by atoms with E-state index >= 15 is 0 Å². The molecule has 0 fully saturated rings. The molecule has 16 heavy (non-hydrogen) atoms. The Morgan fingerprint density at radius 2 is 2.00 bits per heavy atom. The van der Waals surface area contributed by atoms with Gasteiger partial charge in [-0.25, -0.2) is 0 Å². The van der Waals surface area contributed by atoms with E-state index in [1.807, 2.05) is 6.92 Å². The van der Waals surface area contributed by atoms with E-state index in [-0.39, 0.29) is 5.56 Å². The minimum atomic E-state index is -0.514. The van der Waals surface area contributed by atoms with Crippen molar-refractivity contribution in [1.29, 1.82) is 0 Å². The molecule has 0 saturated heterocycles. The predicted molar refractivity (Wildman–Crippen MR) is 61.5 cm³/mol. The molecule has 2 rings (SSSR count). The Bertz CT molecular complexity index is 476. The normalized spacial score (nSPS) is 14.2. The van der Waals surface area contributed by atoms with E-state index in [0.29, 0.717) is 22.6 Å². The second-order valence-corrected chi connectivity index (χ2v) is 3.47. The molecule has 1 aliphatic heterocycles.